The van der Waals surface area contributed by atoms with Crippen molar-refractivity contribution in [1.29, 1.82) is 0 Å². The summed E-state index contributed by atoms with van der Waals surface area (Å²) in [7, 11) is 1.98. The topological polar surface area (TPSA) is 32.5 Å². The van der Waals surface area contributed by atoms with Crippen LogP contribution in [0.25, 0.3) is 0 Å². The van der Waals surface area contributed by atoms with Crippen molar-refractivity contribution in [3.63, 3.8) is 0 Å². The number of halogens is 2. The molecule has 20 heavy (non-hydrogen) atoms. The highest BCUT2D eigenvalue weighted by molar-refractivity contribution is 5.22. The van der Waals surface area contributed by atoms with Crippen molar-refractivity contribution in [2.45, 2.75) is 18.9 Å². The molecule has 1 aliphatic heterocycles. The number of benzene rings is 1. The standard InChI is InChI=1S/C15H23F2N3/c1-19(8-9-20-6-2-3-7-20)11-15(18)13-5-4-12(16)10-14(13)17/h4-5,10,15H,2-3,6-9,11,18H2,1H3. The van der Waals surface area contributed by atoms with Gasteiger partial charge in [-0.3, -0.25) is 0 Å². The van der Waals surface area contributed by atoms with Gasteiger partial charge in [-0.1, -0.05) is 6.07 Å². The van der Waals surface area contributed by atoms with E-state index in [1.807, 2.05) is 7.05 Å². The molecule has 112 valence electrons. The van der Waals surface area contributed by atoms with Crippen LogP contribution in [0, 0.1) is 11.6 Å². The Balaban J connectivity index is 1.81. The number of likely N-dealkylation sites (tertiary alicyclic amines) is 1. The van der Waals surface area contributed by atoms with Crippen LogP contribution >= 0.6 is 0 Å². The van der Waals surface area contributed by atoms with Crippen molar-refractivity contribution in [2.75, 3.05) is 39.8 Å². The van der Waals surface area contributed by atoms with Gasteiger partial charge in [-0.2, -0.15) is 0 Å². The van der Waals surface area contributed by atoms with Crippen LogP contribution in [0.2, 0.25) is 0 Å². The van der Waals surface area contributed by atoms with Gasteiger partial charge < -0.3 is 15.5 Å². The molecule has 1 heterocycles. The highest BCUT2D eigenvalue weighted by Crippen LogP contribution is 2.17. The summed E-state index contributed by atoms with van der Waals surface area (Å²) in [6.45, 7) is 4.85. The molecule has 0 aromatic heterocycles. The van der Waals surface area contributed by atoms with E-state index in [0.29, 0.717) is 12.1 Å². The SMILES string of the molecule is CN(CCN1CCCC1)CC(N)c1ccc(F)cc1F. The van der Waals surface area contributed by atoms with Crippen molar-refractivity contribution in [2.24, 2.45) is 5.73 Å². The number of likely N-dealkylation sites (N-methyl/N-ethyl adjacent to an activating group) is 1. The van der Waals surface area contributed by atoms with Crippen molar-refractivity contribution >= 4 is 0 Å². The van der Waals surface area contributed by atoms with E-state index in [1.165, 1.54) is 38.1 Å². The van der Waals surface area contributed by atoms with Gasteiger partial charge in [0.25, 0.3) is 0 Å². The molecule has 0 bridgehead atoms. The van der Waals surface area contributed by atoms with E-state index in [2.05, 4.69) is 9.80 Å². The molecule has 2 N–H and O–H groups in total. The second-order valence-corrected chi connectivity index (χ2v) is 5.58. The van der Waals surface area contributed by atoms with Gasteiger partial charge in [0.05, 0.1) is 0 Å². The number of nitrogens with zero attached hydrogens (tertiary/aromatic N) is 2. The van der Waals surface area contributed by atoms with Gasteiger partial charge in [-0.25, -0.2) is 8.78 Å². The third-order valence-corrected chi connectivity index (χ3v) is 3.87. The molecule has 1 aromatic carbocycles. The molecule has 0 amide bonds. The molecule has 0 spiro atoms. The van der Waals surface area contributed by atoms with Crippen molar-refractivity contribution in [3.05, 3.63) is 35.4 Å². The summed E-state index contributed by atoms with van der Waals surface area (Å²) in [6.07, 6.45) is 2.56. The second-order valence-electron chi connectivity index (χ2n) is 5.58. The predicted octanol–water partition coefficient (Wildman–Crippen LogP) is 1.99. The maximum atomic E-state index is 13.6. The first-order valence-electron chi connectivity index (χ1n) is 7.17. The maximum absolute atomic E-state index is 13.6. The predicted molar refractivity (Wildman–Crippen MR) is 76.5 cm³/mol. The third-order valence-electron chi connectivity index (χ3n) is 3.87. The van der Waals surface area contributed by atoms with Gasteiger partial charge in [0.15, 0.2) is 0 Å². The quantitative estimate of drug-likeness (QED) is 0.866. The molecule has 0 saturated carbocycles. The molecule has 1 aliphatic rings. The Morgan fingerprint density at radius 3 is 2.65 bits per heavy atom. The molecule has 2 rings (SSSR count). The number of nitrogens with two attached hydrogens (primary N) is 1. The van der Waals surface area contributed by atoms with E-state index < -0.39 is 17.7 Å². The van der Waals surface area contributed by atoms with Crippen LogP contribution in [-0.2, 0) is 0 Å². The zero-order valence-corrected chi connectivity index (χ0v) is 12.0. The fourth-order valence-electron chi connectivity index (χ4n) is 2.65. The van der Waals surface area contributed by atoms with Crippen molar-refractivity contribution in [1.82, 2.24) is 9.80 Å². The number of hydrogen-bond acceptors (Lipinski definition) is 3. The van der Waals surface area contributed by atoms with E-state index in [1.54, 1.807) is 0 Å². The average molecular weight is 283 g/mol. The molecule has 1 saturated heterocycles. The molecule has 1 unspecified atom stereocenters. The average Bonchev–Trinajstić information content (AvgIpc) is 2.89. The van der Waals surface area contributed by atoms with Crippen LogP contribution in [0.1, 0.15) is 24.4 Å². The fourth-order valence-corrected chi connectivity index (χ4v) is 2.65. The summed E-state index contributed by atoms with van der Waals surface area (Å²) in [5.41, 5.74) is 6.39. The van der Waals surface area contributed by atoms with Gasteiger partial charge in [-0.05, 0) is 39.0 Å². The van der Waals surface area contributed by atoms with Crippen LogP contribution in [-0.4, -0.2) is 49.6 Å². The van der Waals surface area contributed by atoms with Crippen molar-refractivity contribution < 1.29 is 8.78 Å². The Hall–Kier alpha value is -1.04. The van der Waals surface area contributed by atoms with Gasteiger partial charge in [0.2, 0.25) is 0 Å². The fraction of sp³-hybridized carbons (Fsp3) is 0.600. The summed E-state index contributed by atoms with van der Waals surface area (Å²) in [6, 6.07) is 3.14. The van der Waals surface area contributed by atoms with Gasteiger partial charge in [0, 0.05) is 37.3 Å². The Morgan fingerprint density at radius 2 is 2.00 bits per heavy atom. The van der Waals surface area contributed by atoms with E-state index >= 15 is 0 Å². The lowest BCUT2D eigenvalue weighted by atomic mass is 10.1. The van der Waals surface area contributed by atoms with Crippen molar-refractivity contribution in [3.8, 4) is 0 Å². The van der Waals surface area contributed by atoms with Gasteiger partial charge in [0.1, 0.15) is 11.6 Å². The lowest BCUT2D eigenvalue weighted by Crippen LogP contribution is -2.35. The highest BCUT2D eigenvalue weighted by atomic mass is 19.1. The van der Waals surface area contributed by atoms with Crippen LogP contribution in [0.5, 0.6) is 0 Å². The van der Waals surface area contributed by atoms with Crippen LogP contribution in [0.4, 0.5) is 8.78 Å². The Labute approximate surface area is 119 Å². The molecule has 1 atom stereocenters. The molecule has 0 radical (unpaired) electrons. The molecule has 5 heteroatoms. The van der Waals surface area contributed by atoms with Gasteiger partial charge in [-0.15, -0.1) is 0 Å². The first-order chi connectivity index (χ1) is 9.56. The normalized spacial score (nSPS) is 17.9. The molecular formula is C15H23F2N3. The molecule has 3 nitrogen and oxygen atoms in total. The molecular weight excluding hydrogens is 260 g/mol. The number of hydrogen-bond donors (Lipinski definition) is 1. The Morgan fingerprint density at radius 1 is 1.30 bits per heavy atom. The van der Waals surface area contributed by atoms with E-state index in [9.17, 15) is 8.78 Å². The minimum atomic E-state index is -0.569. The minimum Gasteiger partial charge on any atom is -0.323 e. The smallest absolute Gasteiger partial charge is 0.130 e. The zero-order chi connectivity index (χ0) is 14.5. The minimum absolute atomic E-state index is 0.374. The van der Waals surface area contributed by atoms with Crippen LogP contribution in [0.15, 0.2) is 18.2 Å². The molecule has 1 fully saturated rings. The summed E-state index contributed by atoms with van der Waals surface area (Å²) in [4.78, 5) is 4.53. The highest BCUT2D eigenvalue weighted by Gasteiger charge is 2.16. The Bertz CT molecular complexity index is 433. The lowest BCUT2D eigenvalue weighted by molar-refractivity contribution is 0.247. The summed E-state index contributed by atoms with van der Waals surface area (Å²) in [5.74, 6) is -1.13. The van der Waals surface area contributed by atoms with Crippen LogP contribution < -0.4 is 5.73 Å². The van der Waals surface area contributed by atoms with E-state index in [-0.39, 0.29) is 0 Å². The van der Waals surface area contributed by atoms with Crippen LogP contribution in [0.3, 0.4) is 0 Å². The molecule has 0 aliphatic carbocycles. The largest absolute Gasteiger partial charge is 0.323 e. The first-order valence-corrected chi connectivity index (χ1v) is 7.17. The summed E-state index contributed by atoms with van der Waals surface area (Å²) < 4.78 is 26.5. The zero-order valence-electron chi connectivity index (χ0n) is 12.0. The Kier molecular flexibility index (Phi) is 5.46. The van der Waals surface area contributed by atoms with E-state index in [4.69, 9.17) is 5.73 Å². The molecule has 1 aromatic rings. The monoisotopic (exact) mass is 283 g/mol. The lowest BCUT2D eigenvalue weighted by Gasteiger charge is -2.24. The second kappa shape index (κ2) is 7.11. The first kappa shape index (κ1) is 15.4. The third kappa shape index (κ3) is 4.23. The summed E-state index contributed by atoms with van der Waals surface area (Å²) >= 11 is 0. The summed E-state index contributed by atoms with van der Waals surface area (Å²) in [5, 5.41) is 0. The van der Waals surface area contributed by atoms with E-state index in [0.717, 1.165) is 19.2 Å². The van der Waals surface area contributed by atoms with Gasteiger partial charge >= 0.3 is 0 Å². The number of rotatable bonds is 6. The maximum Gasteiger partial charge on any atom is 0.130 e.